The number of pyridine rings is 1. The van der Waals surface area contributed by atoms with Crippen LogP contribution in [0.15, 0.2) is 66.0 Å². The van der Waals surface area contributed by atoms with E-state index in [0.717, 1.165) is 32.5 Å². The molecule has 0 atom stereocenters. The lowest BCUT2D eigenvalue weighted by molar-refractivity contribution is 0.480. The predicted molar refractivity (Wildman–Crippen MR) is 92.5 cm³/mol. The van der Waals surface area contributed by atoms with Crippen LogP contribution in [0.25, 0.3) is 21.7 Å². The first-order chi connectivity index (χ1) is 11.3. The number of aromatic hydroxyl groups is 1. The summed E-state index contributed by atoms with van der Waals surface area (Å²) in [4.78, 5) is 4.26. The second kappa shape index (κ2) is 5.85. The van der Waals surface area contributed by atoms with E-state index >= 15 is 0 Å². The van der Waals surface area contributed by atoms with Gasteiger partial charge < -0.3 is 5.11 Å². The Hall–Kier alpha value is -2.66. The standard InChI is InChI=1S/C18H13N3OS/c22-16-8-7-13(14-6-3-9-19-17(14)16)11-23-18-15-5-2-1-4-12(15)10-20-21-18/h1-10,22H,11H2. The van der Waals surface area contributed by atoms with Gasteiger partial charge in [-0.25, -0.2) is 0 Å². The first-order valence-corrected chi connectivity index (χ1v) is 8.20. The molecule has 112 valence electrons. The maximum atomic E-state index is 9.93. The maximum absolute atomic E-state index is 9.93. The monoisotopic (exact) mass is 319 g/mol. The van der Waals surface area contributed by atoms with Gasteiger partial charge in [-0.05, 0) is 17.7 Å². The molecule has 0 aliphatic rings. The number of aromatic nitrogens is 3. The molecule has 5 heteroatoms. The molecule has 0 bridgehead atoms. The summed E-state index contributed by atoms with van der Waals surface area (Å²) in [6.45, 7) is 0. The van der Waals surface area contributed by atoms with E-state index in [1.54, 1.807) is 30.2 Å². The van der Waals surface area contributed by atoms with Gasteiger partial charge in [-0.1, -0.05) is 48.2 Å². The van der Waals surface area contributed by atoms with Crippen LogP contribution in [0, 0.1) is 0 Å². The number of phenols is 1. The number of phenolic OH excluding ortho intramolecular Hbond substituents is 1. The zero-order valence-corrected chi connectivity index (χ0v) is 13.0. The minimum atomic E-state index is 0.208. The summed E-state index contributed by atoms with van der Waals surface area (Å²) in [5, 5.41) is 22.3. The number of hydrogen-bond acceptors (Lipinski definition) is 5. The van der Waals surface area contributed by atoms with Crippen LogP contribution in [0.4, 0.5) is 0 Å². The smallest absolute Gasteiger partial charge is 0.141 e. The SMILES string of the molecule is Oc1ccc(CSc2nncc3ccccc23)c2cccnc12. The van der Waals surface area contributed by atoms with E-state index in [-0.39, 0.29) is 5.75 Å². The lowest BCUT2D eigenvalue weighted by atomic mass is 10.1. The molecule has 2 aromatic heterocycles. The average molecular weight is 319 g/mol. The average Bonchev–Trinajstić information content (AvgIpc) is 2.61. The van der Waals surface area contributed by atoms with Crippen molar-refractivity contribution in [3.63, 3.8) is 0 Å². The van der Waals surface area contributed by atoms with Gasteiger partial charge in [0.25, 0.3) is 0 Å². The molecule has 0 fully saturated rings. The van der Waals surface area contributed by atoms with Crippen molar-refractivity contribution in [1.29, 1.82) is 0 Å². The molecule has 0 spiro atoms. The fourth-order valence-electron chi connectivity index (χ4n) is 2.60. The predicted octanol–water partition coefficient (Wildman–Crippen LogP) is 4.18. The van der Waals surface area contributed by atoms with Gasteiger partial charge in [-0.3, -0.25) is 4.98 Å². The fraction of sp³-hybridized carbons (Fsp3) is 0.0556. The Bertz CT molecular complexity index is 998. The second-order valence-electron chi connectivity index (χ2n) is 5.17. The highest BCUT2D eigenvalue weighted by molar-refractivity contribution is 7.98. The van der Waals surface area contributed by atoms with Crippen molar-refractivity contribution < 1.29 is 5.11 Å². The number of rotatable bonds is 3. The molecule has 2 heterocycles. The zero-order valence-electron chi connectivity index (χ0n) is 12.2. The molecule has 4 aromatic rings. The molecule has 4 nitrogen and oxygen atoms in total. The van der Waals surface area contributed by atoms with Crippen LogP contribution >= 0.6 is 11.8 Å². The van der Waals surface area contributed by atoms with Crippen molar-refractivity contribution in [3.8, 4) is 5.75 Å². The van der Waals surface area contributed by atoms with Crippen molar-refractivity contribution in [3.05, 3.63) is 66.5 Å². The van der Waals surface area contributed by atoms with Gasteiger partial charge in [-0.15, -0.1) is 5.10 Å². The van der Waals surface area contributed by atoms with Crippen molar-refractivity contribution in [2.45, 2.75) is 10.8 Å². The van der Waals surface area contributed by atoms with E-state index < -0.39 is 0 Å². The summed E-state index contributed by atoms with van der Waals surface area (Å²) >= 11 is 1.64. The first kappa shape index (κ1) is 14.0. The van der Waals surface area contributed by atoms with Gasteiger partial charge in [-0.2, -0.15) is 5.10 Å². The zero-order chi connectivity index (χ0) is 15.6. The molecule has 0 radical (unpaired) electrons. The Morgan fingerprint density at radius 2 is 1.83 bits per heavy atom. The molecule has 0 unspecified atom stereocenters. The quantitative estimate of drug-likeness (QED) is 0.574. The summed E-state index contributed by atoms with van der Waals surface area (Å²) in [5.41, 5.74) is 1.75. The molecule has 0 amide bonds. The van der Waals surface area contributed by atoms with Crippen LogP contribution < -0.4 is 0 Å². The molecule has 0 saturated heterocycles. The Balaban J connectivity index is 1.71. The first-order valence-electron chi connectivity index (χ1n) is 7.22. The summed E-state index contributed by atoms with van der Waals surface area (Å²) < 4.78 is 0. The van der Waals surface area contributed by atoms with Gasteiger partial charge in [0.2, 0.25) is 0 Å². The molecule has 23 heavy (non-hydrogen) atoms. The molecule has 4 rings (SSSR count). The van der Waals surface area contributed by atoms with Crippen molar-refractivity contribution in [2.24, 2.45) is 0 Å². The minimum absolute atomic E-state index is 0.208. The van der Waals surface area contributed by atoms with Crippen molar-refractivity contribution in [1.82, 2.24) is 15.2 Å². The number of hydrogen-bond donors (Lipinski definition) is 1. The number of benzene rings is 2. The summed E-state index contributed by atoms with van der Waals surface area (Å²) in [5.74, 6) is 0.949. The van der Waals surface area contributed by atoms with Gasteiger partial charge in [0.15, 0.2) is 0 Å². The van der Waals surface area contributed by atoms with Crippen LogP contribution in [-0.2, 0) is 5.75 Å². The van der Waals surface area contributed by atoms with E-state index in [4.69, 9.17) is 0 Å². The highest BCUT2D eigenvalue weighted by Gasteiger charge is 2.09. The van der Waals surface area contributed by atoms with Crippen LogP contribution in [0.3, 0.4) is 0 Å². The van der Waals surface area contributed by atoms with E-state index in [9.17, 15) is 5.11 Å². The van der Waals surface area contributed by atoms with Gasteiger partial charge >= 0.3 is 0 Å². The third kappa shape index (κ3) is 2.59. The number of fused-ring (bicyclic) bond motifs is 2. The van der Waals surface area contributed by atoms with E-state index in [0.29, 0.717) is 5.52 Å². The van der Waals surface area contributed by atoms with Crippen molar-refractivity contribution >= 4 is 33.4 Å². The Morgan fingerprint density at radius 1 is 0.957 bits per heavy atom. The highest BCUT2D eigenvalue weighted by Crippen LogP contribution is 2.32. The Morgan fingerprint density at radius 3 is 2.78 bits per heavy atom. The third-order valence-electron chi connectivity index (χ3n) is 3.74. The third-order valence-corrected chi connectivity index (χ3v) is 4.77. The van der Waals surface area contributed by atoms with E-state index in [1.807, 2.05) is 36.4 Å². The fourth-order valence-corrected chi connectivity index (χ4v) is 3.59. The summed E-state index contributed by atoms with van der Waals surface area (Å²) in [7, 11) is 0. The summed E-state index contributed by atoms with van der Waals surface area (Å²) in [6.07, 6.45) is 3.47. The lowest BCUT2D eigenvalue weighted by Gasteiger charge is -2.08. The van der Waals surface area contributed by atoms with E-state index in [2.05, 4.69) is 21.2 Å². The molecule has 0 aliphatic carbocycles. The van der Waals surface area contributed by atoms with E-state index in [1.165, 1.54) is 0 Å². The maximum Gasteiger partial charge on any atom is 0.141 e. The Labute approximate surface area is 137 Å². The lowest BCUT2D eigenvalue weighted by Crippen LogP contribution is -1.90. The Kier molecular flexibility index (Phi) is 3.55. The normalized spacial score (nSPS) is 11.1. The van der Waals surface area contributed by atoms with Gasteiger partial charge in [0.05, 0.1) is 6.20 Å². The largest absolute Gasteiger partial charge is 0.506 e. The molecular formula is C18H13N3OS. The number of thioether (sulfide) groups is 1. The molecule has 0 aliphatic heterocycles. The second-order valence-corrected chi connectivity index (χ2v) is 6.13. The minimum Gasteiger partial charge on any atom is -0.506 e. The van der Waals surface area contributed by atoms with Crippen LogP contribution in [0.2, 0.25) is 0 Å². The number of nitrogens with zero attached hydrogens (tertiary/aromatic N) is 3. The topological polar surface area (TPSA) is 58.9 Å². The summed E-state index contributed by atoms with van der Waals surface area (Å²) in [6, 6.07) is 15.6. The van der Waals surface area contributed by atoms with Gasteiger partial charge in [0, 0.05) is 28.1 Å². The molecule has 0 saturated carbocycles. The van der Waals surface area contributed by atoms with Crippen LogP contribution in [-0.4, -0.2) is 20.3 Å². The van der Waals surface area contributed by atoms with Crippen molar-refractivity contribution in [2.75, 3.05) is 0 Å². The molecular weight excluding hydrogens is 306 g/mol. The molecule has 1 N–H and O–H groups in total. The molecule has 2 aromatic carbocycles. The highest BCUT2D eigenvalue weighted by atomic mass is 32.2. The van der Waals surface area contributed by atoms with Gasteiger partial charge in [0.1, 0.15) is 16.3 Å². The van der Waals surface area contributed by atoms with Crippen LogP contribution in [0.1, 0.15) is 5.56 Å². The van der Waals surface area contributed by atoms with Crippen LogP contribution in [0.5, 0.6) is 5.75 Å².